The maximum Gasteiger partial charge on any atom is 0.259 e. The zero-order chi connectivity index (χ0) is 11.4. The summed E-state index contributed by atoms with van der Waals surface area (Å²) in [6.07, 6.45) is 5.06. The Hall–Kier alpha value is -2.41. The monoisotopic (exact) mass is 211 g/mol. The lowest BCUT2D eigenvalue weighted by Gasteiger charge is -2.05. The molecule has 4 heteroatoms. The van der Waals surface area contributed by atoms with Crippen molar-refractivity contribution < 1.29 is 0 Å². The van der Waals surface area contributed by atoms with Gasteiger partial charge in [-0.1, -0.05) is 6.07 Å². The van der Waals surface area contributed by atoms with E-state index in [1.165, 1.54) is 4.57 Å². The lowest BCUT2D eigenvalue weighted by Crippen LogP contribution is -2.21. The second-order valence-corrected chi connectivity index (χ2v) is 3.25. The van der Waals surface area contributed by atoms with Crippen LogP contribution in [-0.2, 0) is 6.42 Å². The topological polar surface area (TPSA) is 58.7 Å². The van der Waals surface area contributed by atoms with Crippen LogP contribution in [-0.4, -0.2) is 9.55 Å². The van der Waals surface area contributed by atoms with E-state index in [0.29, 0.717) is 5.56 Å². The molecule has 0 atom stereocenters. The fourth-order valence-electron chi connectivity index (χ4n) is 1.47. The van der Waals surface area contributed by atoms with Gasteiger partial charge in [-0.2, -0.15) is 5.26 Å². The number of nitriles is 1. The predicted molar refractivity (Wildman–Crippen MR) is 59.2 cm³/mol. The summed E-state index contributed by atoms with van der Waals surface area (Å²) in [5, 5.41) is 8.60. The number of nitrogens with zero attached hydrogens (tertiary/aromatic N) is 3. The van der Waals surface area contributed by atoms with E-state index in [1.54, 1.807) is 42.9 Å². The van der Waals surface area contributed by atoms with Crippen LogP contribution in [0.2, 0.25) is 0 Å². The second kappa shape index (κ2) is 4.41. The molecule has 0 radical (unpaired) electrons. The Morgan fingerprint density at radius 1 is 1.31 bits per heavy atom. The van der Waals surface area contributed by atoms with Crippen LogP contribution in [0.3, 0.4) is 0 Å². The quantitative estimate of drug-likeness (QED) is 0.752. The van der Waals surface area contributed by atoms with Gasteiger partial charge in [-0.15, -0.1) is 0 Å². The van der Waals surface area contributed by atoms with Crippen LogP contribution in [0.5, 0.6) is 0 Å². The van der Waals surface area contributed by atoms with Crippen LogP contribution in [0.15, 0.2) is 47.7 Å². The molecule has 0 aromatic carbocycles. The van der Waals surface area contributed by atoms with Crippen molar-refractivity contribution in [3.8, 4) is 11.8 Å². The average molecular weight is 211 g/mol. The highest BCUT2D eigenvalue weighted by atomic mass is 16.1. The molecule has 0 unspecified atom stereocenters. The molecule has 0 amide bonds. The van der Waals surface area contributed by atoms with E-state index in [4.69, 9.17) is 5.26 Å². The van der Waals surface area contributed by atoms with Gasteiger partial charge in [0.15, 0.2) is 0 Å². The van der Waals surface area contributed by atoms with Crippen molar-refractivity contribution in [2.24, 2.45) is 0 Å². The molecule has 0 saturated heterocycles. The fraction of sp³-hybridized carbons (Fsp3) is 0.0833. The Labute approximate surface area is 92.4 Å². The Kier molecular flexibility index (Phi) is 2.79. The van der Waals surface area contributed by atoms with Crippen molar-refractivity contribution in [1.82, 2.24) is 9.55 Å². The summed E-state index contributed by atoms with van der Waals surface area (Å²) in [4.78, 5) is 15.8. The molecule has 2 rings (SSSR count). The number of rotatable bonds is 2. The van der Waals surface area contributed by atoms with Crippen LogP contribution < -0.4 is 5.56 Å². The summed E-state index contributed by atoms with van der Waals surface area (Å²) in [6, 6.07) is 8.90. The first kappa shape index (κ1) is 10.1. The molecular weight excluding hydrogens is 202 g/mol. The van der Waals surface area contributed by atoms with Crippen molar-refractivity contribution in [1.29, 1.82) is 5.26 Å². The van der Waals surface area contributed by atoms with E-state index < -0.39 is 0 Å². The first-order valence-electron chi connectivity index (χ1n) is 4.81. The number of hydrogen-bond donors (Lipinski definition) is 0. The molecule has 2 aromatic rings. The first-order valence-corrected chi connectivity index (χ1v) is 4.81. The SMILES string of the molecule is N#CCc1cccn(-c2ccncc2)c1=O. The van der Waals surface area contributed by atoms with E-state index in [9.17, 15) is 4.79 Å². The Balaban J connectivity index is 2.56. The molecule has 0 aliphatic heterocycles. The van der Waals surface area contributed by atoms with Gasteiger partial charge in [0.25, 0.3) is 5.56 Å². The second-order valence-electron chi connectivity index (χ2n) is 3.25. The number of pyridine rings is 2. The van der Waals surface area contributed by atoms with Gasteiger partial charge in [0.1, 0.15) is 0 Å². The summed E-state index contributed by atoms with van der Waals surface area (Å²) < 4.78 is 1.51. The first-order chi connectivity index (χ1) is 7.83. The normalized spacial score (nSPS) is 9.69. The summed E-state index contributed by atoms with van der Waals surface area (Å²) in [6.45, 7) is 0. The molecule has 0 saturated carbocycles. The maximum absolute atomic E-state index is 12.0. The molecule has 2 heterocycles. The maximum atomic E-state index is 12.0. The van der Waals surface area contributed by atoms with E-state index >= 15 is 0 Å². The third kappa shape index (κ3) is 1.84. The molecule has 0 spiro atoms. The van der Waals surface area contributed by atoms with Crippen LogP contribution in [0.1, 0.15) is 5.56 Å². The van der Waals surface area contributed by atoms with Crippen LogP contribution in [0, 0.1) is 11.3 Å². The van der Waals surface area contributed by atoms with Crippen LogP contribution in [0.25, 0.3) is 5.69 Å². The van der Waals surface area contributed by atoms with Gasteiger partial charge in [0, 0.05) is 24.2 Å². The van der Waals surface area contributed by atoms with Gasteiger partial charge < -0.3 is 0 Å². The van der Waals surface area contributed by atoms with Crippen molar-refractivity contribution in [3.63, 3.8) is 0 Å². The highest BCUT2D eigenvalue weighted by molar-refractivity contribution is 5.31. The summed E-state index contributed by atoms with van der Waals surface area (Å²) in [5.41, 5.74) is 1.09. The smallest absolute Gasteiger partial charge is 0.259 e. The van der Waals surface area contributed by atoms with Crippen molar-refractivity contribution in [2.45, 2.75) is 6.42 Å². The third-order valence-corrected chi connectivity index (χ3v) is 2.24. The molecule has 4 nitrogen and oxygen atoms in total. The van der Waals surface area contributed by atoms with Gasteiger partial charge in [-0.25, -0.2) is 0 Å². The van der Waals surface area contributed by atoms with Gasteiger partial charge >= 0.3 is 0 Å². The molecule has 0 N–H and O–H groups in total. The van der Waals surface area contributed by atoms with Crippen molar-refractivity contribution >= 4 is 0 Å². The molecular formula is C12H9N3O. The van der Waals surface area contributed by atoms with Crippen LogP contribution >= 0.6 is 0 Å². The van der Waals surface area contributed by atoms with Gasteiger partial charge in [0.2, 0.25) is 0 Å². The predicted octanol–water partition coefficient (Wildman–Crippen LogP) is 1.30. The number of aromatic nitrogens is 2. The Morgan fingerprint density at radius 2 is 2.06 bits per heavy atom. The van der Waals surface area contributed by atoms with Crippen molar-refractivity contribution in [2.75, 3.05) is 0 Å². The zero-order valence-electron chi connectivity index (χ0n) is 8.50. The minimum Gasteiger partial charge on any atom is -0.284 e. The standard InChI is InChI=1S/C12H9N3O/c13-6-3-10-2-1-9-15(12(10)16)11-4-7-14-8-5-11/h1-2,4-5,7-9H,3H2. The minimum absolute atomic E-state index is 0.130. The lowest BCUT2D eigenvalue weighted by atomic mass is 10.2. The van der Waals surface area contributed by atoms with Crippen molar-refractivity contribution in [3.05, 3.63) is 58.8 Å². The van der Waals surface area contributed by atoms with Crippen LogP contribution in [0.4, 0.5) is 0 Å². The molecule has 0 aliphatic rings. The third-order valence-electron chi connectivity index (χ3n) is 2.24. The van der Waals surface area contributed by atoms with E-state index in [1.807, 2.05) is 6.07 Å². The Bertz CT molecular complexity index is 581. The van der Waals surface area contributed by atoms with Gasteiger partial charge in [-0.05, 0) is 18.2 Å². The molecule has 0 fully saturated rings. The van der Waals surface area contributed by atoms with Gasteiger partial charge in [-0.3, -0.25) is 14.3 Å². The molecule has 16 heavy (non-hydrogen) atoms. The highest BCUT2D eigenvalue weighted by Gasteiger charge is 2.03. The van der Waals surface area contributed by atoms with E-state index in [2.05, 4.69) is 4.98 Å². The Morgan fingerprint density at radius 3 is 2.75 bits per heavy atom. The highest BCUT2D eigenvalue weighted by Crippen LogP contribution is 2.03. The largest absolute Gasteiger partial charge is 0.284 e. The average Bonchev–Trinajstić information content (AvgIpc) is 2.33. The molecule has 0 aliphatic carbocycles. The summed E-state index contributed by atoms with van der Waals surface area (Å²) in [5.74, 6) is 0. The summed E-state index contributed by atoms with van der Waals surface area (Å²) >= 11 is 0. The fourth-order valence-corrected chi connectivity index (χ4v) is 1.47. The van der Waals surface area contributed by atoms with E-state index in [0.717, 1.165) is 5.69 Å². The lowest BCUT2D eigenvalue weighted by molar-refractivity contribution is 0.953. The zero-order valence-corrected chi connectivity index (χ0v) is 8.50. The summed E-state index contributed by atoms with van der Waals surface area (Å²) in [7, 11) is 0. The molecule has 78 valence electrons. The van der Waals surface area contributed by atoms with Gasteiger partial charge in [0.05, 0.1) is 18.2 Å². The molecule has 0 bridgehead atoms. The molecule has 2 aromatic heterocycles. The minimum atomic E-state index is -0.157. The number of hydrogen-bond acceptors (Lipinski definition) is 3. The van der Waals surface area contributed by atoms with E-state index in [-0.39, 0.29) is 12.0 Å².